The van der Waals surface area contributed by atoms with Gasteiger partial charge in [-0.25, -0.2) is 13.1 Å². The Kier molecular flexibility index (Phi) is 4.76. The summed E-state index contributed by atoms with van der Waals surface area (Å²) in [5.74, 6) is 0. The van der Waals surface area contributed by atoms with Gasteiger partial charge in [0.05, 0.1) is 6.20 Å². The van der Waals surface area contributed by atoms with Gasteiger partial charge in [-0.1, -0.05) is 13.3 Å². The standard InChI is InChI=1S/C9H16ClN3O2S/c1-3-4-8(10)5-12-16(14,15)9-6-11-13(2)7-9/h6-8,12H,3-5H2,1-2H3. The molecular formula is C9H16ClN3O2S. The van der Waals surface area contributed by atoms with E-state index in [4.69, 9.17) is 11.6 Å². The van der Waals surface area contributed by atoms with E-state index in [0.717, 1.165) is 12.8 Å². The summed E-state index contributed by atoms with van der Waals surface area (Å²) in [6.45, 7) is 2.25. The van der Waals surface area contributed by atoms with E-state index in [1.807, 2.05) is 6.92 Å². The number of rotatable bonds is 6. The Morgan fingerprint density at radius 2 is 2.31 bits per heavy atom. The average Bonchev–Trinajstić information content (AvgIpc) is 2.63. The van der Waals surface area contributed by atoms with Gasteiger partial charge in [0, 0.05) is 25.2 Å². The minimum Gasteiger partial charge on any atom is -0.274 e. The lowest BCUT2D eigenvalue weighted by Crippen LogP contribution is -2.29. The van der Waals surface area contributed by atoms with Crippen LogP contribution >= 0.6 is 11.6 Å². The van der Waals surface area contributed by atoms with E-state index in [2.05, 4.69) is 9.82 Å². The van der Waals surface area contributed by atoms with E-state index in [-0.39, 0.29) is 16.8 Å². The molecule has 0 saturated heterocycles. The molecule has 1 aromatic heterocycles. The maximum Gasteiger partial charge on any atom is 0.243 e. The van der Waals surface area contributed by atoms with Crippen LogP contribution in [0, 0.1) is 0 Å². The SMILES string of the molecule is CCCC(Cl)CNS(=O)(=O)c1cnn(C)c1. The Hall–Kier alpha value is -0.590. The van der Waals surface area contributed by atoms with Crippen LogP contribution in [-0.4, -0.2) is 30.1 Å². The molecule has 1 N–H and O–H groups in total. The van der Waals surface area contributed by atoms with Gasteiger partial charge in [-0.3, -0.25) is 4.68 Å². The summed E-state index contributed by atoms with van der Waals surface area (Å²) < 4.78 is 27.4. The van der Waals surface area contributed by atoms with Crippen LogP contribution in [0.25, 0.3) is 0 Å². The Bertz CT molecular complexity index is 430. The fraction of sp³-hybridized carbons (Fsp3) is 0.667. The molecule has 1 aromatic rings. The van der Waals surface area contributed by atoms with Crippen molar-refractivity contribution in [1.29, 1.82) is 0 Å². The molecule has 7 heteroatoms. The summed E-state index contributed by atoms with van der Waals surface area (Å²) in [5.41, 5.74) is 0. The molecule has 0 bridgehead atoms. The number of alkyl halides is 1. The lowest BCUT2D eigenvalue weighted by atomic mass is 10.2. The lowest BCUT2D eigenvalue weighted by Gasteiger charge is -2.08. The Morgan fingerprint density at radius 1 is 1.62 bits per heavy atom. The number of aryl methyl sites for hydroxylation is 1. The molecule has 0 spiro atoms. The van der Waals surface area contributed by atoms with Gasteiger partial charge >= 0.3 is 0 Å². The van der Waals surface area contributed by atoms with Gasteiger partial charge in [0.1, 0.15) is 4.90 Å². The first kappa shape index (κ1) is 13.5. The van der Waals surface area contributed by atoms with Crippen LogP contribution in [0.4, 0.5) is 0 Å². The van der Waals surface area contributed by atoms with E-state index in [1.165, 1.54) is 17.1 Å². The third kappa shape index (κ3) is 3.77. The van der Waals surface area contributed by atoms with Gasteiger partial charge in [0.2, 0.25) is 10.0 Å². The molecule has 0 radical (unpaired) electrons. The van der Waals surface area contributed by atoms with Crippen LogP contribution in [-0.2, 0) is 17.1 Å². The van der Waals surface area contributed by atoms with Gasteiger partial charge in [0.25, 0.3) is 0 Å². The summed E-state index contributed by atoms with van der Waals surface area (Å²) in [4.78, 5) is 0.162. The molecule has 16 heavy (non-hydrogen) atoms. The average molecular weight is 266 g/mol. The summed E-state index contributed by atoms with van der Waals surface area (Å²) in [6, 6.07) is 0. The van der Waals surface area contributed by atoms with E-state index in [0.29, 0.717) is 0 Å². The van der Waals surface area contributed by atoms with Crippen molar-refractivity contribution in [2.45, 2.75) is 30.0 Å². The molecule has 1 heterocycles. The Morgan fingerprint density at radius 3 is 2.81 bits per heavy atom. The number of nitrogens with one attached hydrogen (secondary N) is 1. The predicted octanol–water partition coefficient (Wildman–Crippen LogP) is 1.11. The van der Waals surface area contributed by atoms with Crippen molar-refractivity contribution >= 4 is 21.6 Å². The fourth-order valence-electron chi connectivity index (χ4n) is 1.24. The number of nitrogens with zero attached hydrogens (tertiary/aromatic N) is 2. The van der Waals surface area contributed by atoms with Crippen molar-refractivity contribution in [1.82, 2.24) is 14.5 Å². The van der Waals surface area contributed by atoms with E-state index >= 15 is 0 Å². The molecular weight excluding hydrogens is 250 g/mol. The molecule has 0 amide bonds. The van der Waals surface area contributed by atoms with Crippen molar-refractivity contribution in [3.63, 3.8) is 0 Å². The molecule has 0 aromatic carbocycles. The Balaban J connectivity index is 2.59. The van der Waals surface area contributed by atoms with Crippen molar-refractivity contribution in [2.75, 3.05) is 6.54 Å². The molecule has 0 aliphatic heterocycles. The quantitative estimate of drug-likeness (QED) is 0.784. The third-order valence-corrected chi connectivity index (χ3v) is 3.84. The molecule has 0 aliphatic rings. The minimum atomic E-state index is -3.47. The lowest BCUT2D eigenvalue weighted by molar-refractivity contribution is 0.576. The highest BCUT2D eigenvalue weighted by atomic mass is 35.5. The molecule has 0 fully saturated rings. The zero-order chi connectivity index (χ0) is 12.2. The molecule has 92 valence electrons. The van der Waals surface area contributed by atoms with E-state index in [9.17, 15) is 8.42 Å². The largest absolute Gasteiger partial charge is 0.274 e. The second-order valence-electron chi connectivity index (χ2n) is 3.59. The van der Waals surface area contributed by atoms with Crippen LogP contribution in [0.2, 0.25) is 0 Å². The first-order valence-electron chi connectivity index (χ1n) is 5.08. The minimum absolute atomic E-state index is 0.162. The molecule has 0 saturated carbocycles. The normalized spacial score (nSPS) is 13.9. The highest BCUT2D eigenvalue weighted by molar-refractivity contribution is 7.89. The van der Waals surface area contributed by atoms with E-state index < -0.39 is 10.0 Å². The zero-order valence-electron chi connectivity index (χ0n) is 9.35. The fourth-order valence-corrected chi connectivity index (χ4v) is 2.69. The number of hydrogen-bond acceptors (Lipinski definition) is 3. The summed E-state index contributed by atoms with van der Waals surface area (Å²) >= 11 is 5.93. The molecule has 5 nitrogen and oxygen atoms in total. The second-order valence-corrected chi connectivity index (χ2v) is 5.97. The van der Waals surface area contributed by atoms with Crippen LogP contribution in [0.1, 0.15) is 19.8 Å². The van der Waals surface area contributed by atoms with Crippen LogP contribution in [0.3, 0.4) is 0 Å². The second kappa shape index (κ2) is 5.65. The molecule has 1 atom stereocenters. The van der Waals surface area contributed by atoms with Gasteiger partial charge < -0.3 is 0 Å². The van der Waals surface area contributed by atoms with Gasteiger partial charge in [0.15, 0.2) is 0 Å². The smallest absolute Gasteiger partial charge is 0.243 e. The topological polar surface area (TPSA) is 64.0 Å². The molecule has 0 aliphatic carbocycles. The van der Waals surface area contributed by atoms with Crippen molar-refractivity contribution < 1.29 is 8.42 Å². The maximum absolute atomic E-state index is 11.7. The van der Waals surface area contributed by atoms with Gasteiger partial charge in [-0.15, -0.1) is 11.6 Å². The van der Waals surface area contributed by atoms with Gasteiger partial charge in [-0.2, -0.15) is 5.10 Å². The number of halogens is 1. The van der Waals surface area contributed by atoms with Crippen molar-refractivity contribution in [3.05, 3.63) is 12.4 Å². The van der Waals surface area contributed by atoms with Crippen LogP contribution in [0.5, 0.6) is 0 Å². The molecule has 1 rings (SSSR count). The first-order valence-corrected chi connectivity index (χ1v) is 7.00. The van der Waals surface area contributed by atoms with Crippen LogP contribution < -0.4 is 4.72 Å². The number of hydrogen-bond donors (Lipinski definition) is 1. The monoisotopic (exact) mass is 265 g/mol. The highest BCUT2D eigenvalue weighted by Crippen LogP contribution is 2.08. The van der Waals surface area contributed by atoms with Crippen molar-refractivity contribution in [2.24, 2.45) is 7.05 Å². The Labute approximate surface area is 101 Å². The maximum atomic E-state index is 11.7. The van der Waals surface area contributed by atoms with E-state index in [1.54, 1.807) is 7.05 Å². The van der Waals surface area contributed by atoms with Crippen LogP contribution in [0.15, 0.2) is 17.3 Å². The summed E-state index contributed by atoms with van der Waals surface area (Å²) in [6.07, 6.45) is 4.48. The highest BCUT2D eigenvalue weighted by Gasteiger charge is 2.17. The van der Waals surface area contributed by atoms with Gasteiger partial charge in [-0.05, 0) is 6.42 Å². The number of aromatic nitrogens is 2. The van der Waals surface area contributed by atoms with Crippen molar-refractivity contribution in [3.8, 4) is 0 Å². The molecule has 1 unspecified atom stereocenters. The predicted molar refractivity (Wildman–Crippen MR) is 62.9 cm³/mol. The zero-order valence-corrected chi connectivity index (χ0v) is 10.9. The third-order valence-electron chi connectivity index (χ3n) is 2.09. The first-order chi connectivity index (χ1) is 7.45. The summed E-state index contributed by atoms with van der Waals surface area (Å²) in [7, 11) is -1.80. The summed E-state index contributed by atoms with van der Waals surface area (Å²) in [5, 5.41) is 3.64. The number of sulfonamides is 1.